The summed E-state index contributed by atoms with van der Waals surface area (Å²) in [6.07, 6.45) is -4.48. The van der Waals surface area contributed by atoms with Crippen LogP contribution in [-0.4, -0.2) is 37.2 Å². The smallest absolute Gasteiger partial charge is 0.389 e. The van der Waals surface area contributed by atoms with Gasteiger partial charge in [0.25, 0.3) is 0 Å². The fourth-order valence-corrected chi connectivity index (χ4v) is 4.32. The number of phenols is 1. The zero-order valence-corrected chi connectivity index (χ0v) is 16.0. The van der Waals surface area contributed by atoms with Crippen molar-refractivity contribution in [1.29, 1.82) is 0 Å². The van der Waals surface area contributed by atoms with Crippen molar-refractivity contribution in [2.75, 3.05) is 12.4 Å². The fraction of sp³-hybridized carbons (Fsp3) is 0.300. The number of alkyl halides is 3. The van der Waals surface area contributed by atoms with Gasteiger partial charge in [0, 0.05) is 17.9 Å². The lowest BCUT2D eigenvalue weighted by atomic mass is 9.88. The molecule has 0 saturated carbocycles. The van der Waals surface area contributed by atoms with Crippen LogP contribution in [0.5, 0.6) is 11.5 Å². The van der Waals surface area contributed by atoms with Crippen molar-refractivity contribution in [3.05, 3.63) is 64.7 Å². The summed E-state index contributed by atoms with van der Waals surface area (Å²) in [5.74, 6) is -1.51. The molecule has 0 heterocycles. The molecule has 2 aromatic carbocycles. The third-order valence-corrected chi connectivity index (χ3v) is 5.82. The third-order valence-electron chi connectivity index (χ3n) is 4.59. The molecule has 1 aliphatic carbocycles. The number of benzene rings is 2. The second kappa shape index (κ2) is 8.08. The second-order valence-corrected chi connectivity index (χ2v) is 8.41. The molecular formula is C20H19F3O5S. The first-order chi connectivity index (χ1) is 13.6. The number of hydrogen-bond acceptors (Lipinski definition) is 5. The van der Waals surface area contributed by atoms with Crippen molar-refractivity contribution in [1.82, 2.24) is 0 Å². The van der Waals surface area contributed by atoms with Crippen molar-refractivity contribution in [2.45, 2.75) is 24.9 Å². The summed E-state index contributed by atoms with van der Waals surface area (Å²) < 4.78 is 65.7. The molecule has 3 rings (SSSR count). The summed E-state index contributed by atoms with van der Waals surface area (Å²) in [4.78, 5) is 0. The maximum absolute atomic E-state index is 12.2. The number of hydrogen-bond donors (Lipinski definition) is 2. The predicted molar refractivity (Wildman–Crippen MR) is 101 cm³/mol. The zero-order chi connectivity index (χ0) is 21.2. The van der Waals surface area contributed by atoms with Gasteiger partial charge in [-0.3, -0.25) is 0 Å². The molecule has 2 aromatic rings. The molecule has 156 valence electrons. The van der Waals surface area contributed by atoms with Crippen LogP contribution < -0.4 is 4.18 Å². The van der Waals surface area contributed by atoms with E-state index < -0.39 is 40.8 Å². The van der Waals surface area contributed by atoms with Crippen LogP contribution in [-0.2, 0) is 10.1 Å². The topological polar surface area (TPSA) is 83.8 Å². The maximum Gasteiger partial charge on any atom is 0.389 e. The van der Waals surface area contributed by atoms with Gasteiger partial charge < -0.3 is 14.4 Å². The van der Waals surface area contributed by atoms with E-state index >= 15 is 0 Å². The van der Waals surface area contributed by atoms with Gasteiger partial charge in [0.05, 0.1) is 12.4 Å². The molecule has 0 amide bonds. The van der Waals surface area contributed by atoms with E-state index in [0.29, 0.717) is 11.1 Å². The number of phenolic OH excluding ortho intramolecular Hbond substituents is 1. The lowest BCUT2D eigenvalue weighted by Gasteiger charge is -2.18. The SMILES string of the molecule is O=S(=O)(CCCC(F)(F)F)Oc1ccc(O)c(C2C(CO)=Cc3ccccc32)c1. The number of halogens is 3. The van der Waals surface area contributed by atoms with Crippen molar-refractivity contribution >= 4 is 16.2 Å². The molecule has 0 spiro atoms. The lowest BCUT2D eigenvalue weighted by Crippen LogP contribution is -2.17. The van der Waals surface area contributed by atoms with Crippen LogP contribution in [0.15, 0.2) is 48.0 Å². The molecule has 0 aromatic heterocycles. The molecule has 29 heavy (non-hydrogen) atoms. The average molecular weight is 428 g/mol. The van der Waals surface area contributed by atoms with Crippen LogP contribution in [0.2, 0.25) is 0 Å². The fourth-order valence-electron chi connectivity index (χ4n) is 3.35. The molecule has 5 nitrogen and oxygen atoms in total. The number of aromatic hydroxyl groups is 1. The molecule has 0 bridgehead atoms. The van der Waals surface area contributed by atoms with Gasteiger partial charge >= 0.3 is 16.3 Å². The average Bonchev–Trinajstić information content (AvgIpc) is 3.00. The van der Waals surface area contributed by atoms with Crippen molar-refractivity contribution in [3.8, 4) is 11.5 Å². The normalized spacial score (nSPS) is 16.4. The van der Waals surface area contributed by atoms with Gasteiger partial charge in [0.15, 0.2) is 0 Å². The highest BCUT2D eigenvalue weighted by Gasteiger charge is 2.30. The molecule has 1 aliphatic rings. The summed E-state index contributed by atoms with van der Waals surface area (Å²) in [6.45, 7) is -0.264. The number of aliphatic hydroxyl groups is 1. The Balaban J connectivity index is 1.85. The highest BCUT2D eigenvalue weighted by Crippen LogP contribution is 2.44. The first-order valence-electron chi connectivity index (χ1n) is 8.82. The van der Waals surface area contributed by atoms with Crippen molar-refractivity contribution < 1.29 is 36.0 Å². The Labute approximate surface area is 166 Å². The molecule has 9 heteroatoms. The van der Waals surface area contributed by atoms with E-state index in [2.05, 4.69) is 0 Å². The standard InChI is InChI=1S/C20H19F3O5S/c21-20(22,23)8-3-9-29(26,27)28-15-6-7-18(25)17(11-15)19-14(12-24)10-13-4-1-2-5-16(13)19/h1-2,4-7,10-11,19,24-25H,3,8-9,12H2. The minimum absolute atomic E-state index is 0.118. The van der Waals surface area contributed by atoms with Gasteiger partial charge in [0.1, 0.15) is 11.5 Å². The zero-order valence-electron chi connectivity index (χ0n) is 15.2. The van der Waals surface area contributed by atoms with Crippen molar-refractivity contribution in [2.24, 2.45) is 0 Å². The molecule has 0 aliphatic heterocycles. The third kappa shape index (κ3) is 5.10. The molecule has 2 N–H and O–H groups in total. The van der Waals surface area contributed by atoms with Gasteiger partial charge in [-0.05, 0) is 41.3 Å². The molecule has 1 atom stereocenters. The summed E-state index contributed by atoms with van der Waals surface area (Å²) in [6, 6.07) is 11.1. The van der Waals surface area contributed by atoms with Crippen LogP contribution >= 0.6 is 0 Å². The Morgan fingerprint density at radius 1 is 1.07 bits per heavy atom. The largest absolute Gasteiger partial charge is 0.508 e. The maximum atomic E-state index is 12.2. The van der Waals surface area contributed by atoms with Crippen LogP contribution in [0, 0.1) is 0 Å². The van der Waals surface area contributed by atoms with E-state index in [9.17, 15) is 31.8 Å². The van der Waals surface area contributed by atoms with Gasteiger partial charge in [-0.25, -0.2) is 0 Å². The Kier molecular flexibility index (Phi) is 5.90. The summed E-state index contributed by atoms with van der Waals surface area (Å²) in [5, 5.41) is 20.0. The molecule has 0 saturated heterocycles. The van der Waals surface area contributed by atoms with E-state index in [1.165, 1.54) is 18.2 Å². The highest BCUT2D eigenvalue weighted by molar-refractivity contribution is 7.87. The number of rotatable bonds is 7. The molecule has 0 fully saturated rings. The first-order valence-corrected chi connectivity index (χ1v) is 10.4. The molecule has 0 radical (unpaired) electrons. The quantitative estimate of drug-likeness (QED) is 0.652. The van der Waals surface area contributed by atoms with Crippen LogP contribution in [0.3, 0.4) is 0 Å². The van der Waals surface area contributed by atoms with E-state index in [4.69, 9.17) is 4.18 Å². The van der Waals surface area contributed by atoms with E-state index in [1.54, 1.807) is 6.08 Å². The van der Waals surface area contributed by atoms with E-state index in [0.717, 1.165) is 11.1 Å². The first kappa shape index (κ1) is 21.2. The minimum atomic E-state index is -4.44. The van der Waals surface area contributed by atoms with Crippen LogP contribution in [0.1, 0.15) is 35.4 Å². The Hall–Kier alpha value is -2.52. The Morgan fingerprint density at radius 3 is 2.48 bits per heavy atom. The number of aliphatic hydroxyl groups excluding tert-OH is 1. The summed E-state index contributed by atoms with van der Waals surface area (Å²) in [7, 11) is -4.24. The Bertz CT molecular complexity index is 1030. The van der Waals surface area contributed by atoms with E-state index in [1.807, 2.05) is 24.3 Å². The summed E-state index contributed by atoms with van der Waals surface area (Å²) >= 11 is 0. The summed E-state index contributed by atoms with van der Waals surface area (Å²) in [5.41, 5.74) is 2.65. The Morgan fingerprint density at radius 2 is 1.79 bits per heavy atom. The van der Waals surface area contributed by atoms with Gasteiger partial charge in [-0.2, -0.15) is 21.6 Å². The van der Waals surface area contributed by atoms with Crippen LogP contribution in [0.4, 0.5) is 13.2 Å². The van der Waals surface area contributed by atoms with Crippen LogP contribution in [0.25, 0.3) is 6.08 Å². The van der Waals surface area contributed by atoms with E-state index in [-0.39, 0.29) is 18.1 Å². The monoisotopic (exact) mass is 428 g/mol. The minimum Gasteiger partial charge on any atom is -0.508 e. The van der Waals surface area contributed by atoms with Gasteiger partial charge in [-0.1, -0.05) is 30.3 Å². The molecule has 1 unspecified atom stereocenters. The number of fused-ring (bicyclic) bond motifs is 1. The van der Waals surface area contributed by atoms with Gasteiger partial charge in [0.2, 0.25) is 0 Å². The predicted octanol–water partition coefficient (Wildman–Crippen LogP) is 3.96. The highest BCUT2D eigenvalue weighted by atomic mass is 32.2. The van der Waals surface area contributed by atoms with Crippen molar-refractivity contribution in [3.63, 3.8) is 0 Å². The van der Waals surface area contributed by atoms with Gasteiger partial charge in [-0.15, -0.1) is 0 Å². The lowest BCUT2D eigenvalue weighted by molar-refractivity contribution is -0.134. The second-order valence-electron chi connectivity index (χ2n) is 6.72. The molecular weight excluding hydrogens is 409 g/mol.